The van der Waals surface area contributed by atoms with Gasteiger partial charge in [0.1, 0.15) is 0 Å². The topological polar surface area (TPSA) is 30.5 Å². The van der Waals surface area contributed by atoms with Gasteiger partial charge < -0.3 is 14.8 Å². The number of benzene rings is 1. The molecule has 1 aromatic rings. The molecule has 0 aliphatic heterocycles. The van der Waals surface area contributed by atoms with Crippen LogP contribution in [0, 0.1) is 5.82 Å². The summed E-state index contributed by atoms with van der Waals surface area (Å²) < 4.78 is 23.1. The smallest absolute Gasteiger partial charge is 0.188 e. The molecule has 0 saturated carbocycles. The molecule has 0 saturated heterocycles. The van der Waals surface area contributed by atoms with E-state index in [1.54, 1.807) is 12.1 Å². The lowest BCUT2D eigenvalue weighted by Gasteiger charge is -2.11. The van der Waals surface area contributed by atoms with E-state index in [0.717, 1.165) is 5.69 Å². The zero-order valence-corrected chi connectivity index (χ0v) is 9.21. The highest BCUT2D eigenvalue weighted by atomic mass is 19.1. The predicted octanol–water partition coefficient (Wildman–Crippen LogP) is 2.63. The lowest BCUT2D eigenvalue weighted by atomic mass is 10.2. The number of methoxy groups -OCH3 is 1. The average molecular weight is 213 g/mol. The maximum Gasteiger partial charge on any atom is 0.188 e. The zero-order chi connectivity index (χ0) is 11.3. The second kappa shape index (κ2) is 5.56. The maximum atomic E-state index is 13.4. The highest BCUT2D eigenvalue weighted by molar-refractivity contribution is 5.47. The Bertz CT molecular complexity index is 315. The molecule has 15 heavy (non-hydrogen) atoms. The summed E-state index contributed by atoms with van der Waals surface area (Å²) in [5.74, 6) is -0.191. The van der Waals surface area contributed by atoms with Gasteiger partial charge in [-0.2, -0.15) is 0 Å². The van der Waals surface area contributed by atoms with Gasteiger partial charge in [0.05, 0.1) is 0 Å². The third-order valence-electron chi connectivity index (χ3n) is 1.72. The first kappa shape index (κ1) is 11.8. The number of hydrogen-bond acceptors (Lipinski definition) is 3. The van der Waals surface area contributed by atoms with E-state index in [0.29, 0.717) is 0 Å². The number of nitrogens with one attached hydrogen (secondary N) is 1. The highest BCUT2D eigenvalue weighted by Crippen LogP contribution is 2.21. The van der Waals surface area contributed by atoms with Crippen molar-refractivity contribution in [2.75, 3.05) is 19.2 Å². The Balaban J connectivity index is 2.69. The van der Waals surface area contributed by atoms with Crippen molar-refractivity contribution in [3.05, 3.63) is 24.0 Å². The minimum absolute atomic E-state index is 0.0495. The van der Waals surface area contributed by atoms with Crippen LogP contribution in [0.4, 0.5) is 10.1 Å². The summed E-state index contributed by atoms with van der Waals surface area (Å²) in [6, 6.07) is 5.04. The van der Waals surface area contributed by atoms with E-state index in [1.165, 1.54) is 13.2 Å². The van der Waals surface area contributed by atoms with Gasteiger partial charge in [0.15, 0.2) is 18.4 Å². The molecule has 3 nitrogen and oxygen atoms in total. The second-order valence-corrected chi connectivity index (χ2v) is 3.50. The Kier molecular flexibility index (Phi) is 4.37. The van der Waals surface area contributed by atoms with Crippen LogP contribution in [-0.2, 0) is 4.74 Å². The molecule has 0 atom stereocenters. The fourth-order valence-corrected chi connectivity index (χ4v) is 1.16. The van der Waals surface area contributed by atoms with Crippen molar-refractivity contribution in [2.45, 2.75) is 19.9 Å². The van der Waals surface area contributed by atoms with Crippen molar-refractivity contribution >= 4 is 5.69 Å². The first-order valence-corrected chi connectivity index (χ1v) is 4.81. The summed E-state index contributed by atoms with van der Waals surface area (Å²) in [6.45, 7) is 4.04. The molecule has 0 aromatic heterocycles. The van der Waals surface area contributed by atoms with Crippen LogP contribution in [0.25, 0.3) is 0 Å². The Morgan fingerprint density at radius 2 is 2.13 bits per heavy atom. The summed E-state index contributed by atoms with van der Waals surface area (Å²) in [6.07, 6.45) is 0. The van der Waals surface area contributed by atoms with E-state index in [9.17, 15) is 4.39 Å². The minimum atomic E-state index is -0.391. The molecule has 0 bridgehead atoms. The van der Waals surface area contributed by atoms with Crippen LogP contribution >= 0.6 is 0 Å². The molecule has 84 valence electrons. The molecule has 0 amide bonds. The lowest BCUT2D eigenvalue weighted by molar-refractivity contribution is 0.0483. The van der Waals surface area contributed by atoms with Crippen molar-refractivity contribution in [2.24, 2.45) is 0 Å². The predicted molar refractivity (Wildman–Crippen MR) is 57.7 cm³/mol. The molecule has 1 aromatic carbocycles. The Hall–Kier alpha value is -1.29. The van der Waals surface area contributed by atoms with Crippen LogP contribution < -0.4 is 10.1 Å². The number of hydrogen-bond donors (Lipinski definition) is 1. The molecular weight excluding hydrogens is 197 g/mol. The lowest BCUT2D eigenvalue weighted by Crippen LogP contribution is -2.10. The number of anilines is 1. The number of ether oxygens (including phenoxy) is 2. The molecular formula is C11H16FNO2. The second-order valence-electron chi connectivity index (χ2n) is 3.50. The van der Waals surface area contributed by atoms with Crippen LogP contribution in [0.15, 0.2) is 18.2 Å². The summed E-state index contributed by atoms with van der Waals surface area (Å²) in [5, 5.41) is 3.10. The third kappa shape index (κ3) is 3.75. The Morgan fingerprint density at radius 1 is 1.40 bits per heavy atom. The van der Waals surface area contributed by atoms with E-state index in [2.05, 4.69) is 5.32 Å². The number of rotatable bonds is 5. The summed E-state index contributed by atoms with van der Waals surface area (Å²) >= 11 is 0. The molecule has 0 unspecified atom stereocenters. The van der Waals surface area contributed by atoms with Crippen LogP contribution in [-0.4, -0.2) is 19.9 Å². The summed E-state index contributed by atoms with van der Waals surface area (Å²) in [5.41, 5.74) is 0.743. The van der Waals surface area contributed by atoms with Crippen molar-refractivity contribution in [1.82, 2.24) is 0 Å². The van der Waals surface area contributed by atoms with E-state index < -0.39 is 5.82 Å². The van der Waals surface area contributed by atoms with Crippen molar-refractivity contribution in [3.63, 3.8) is 0 Å². The van der Waals surface area contributed by atoms with Gasteiger partial charge in [-0.1, -0.05) is 0 Å². The quantitative estimate of drug-likeness (QED) is 0.763. The Labute approximate surface area is 89.2 Å². The highest BCUT2D eigenvalue weighted by Gasteiger charge is 2.04. The molecule has 0 heterocycles. The van der Waals surface area contributed by atoms with Crippen LogP contribution in [0.3, 0.4) is 0 Å². The van der Waals surface area contributed by atoms with E-state index in [-0.39, 0.29) is 18.6 Å². The van der Waals surface area contributed by atoms with E-state index in [1.807, 2.05) is 13.8 Å². The molecule has 0 aliphatic carbocycles. The van der Waals surface area contributed by atoms with Gasteiger partial charge >= 0.3 is 0 Å². The maximum absolute atomic E-state index is 13.4. The van der Waals surface area contributed by atoms with Gasteiger partial charge in [-0.05, 0) is 26.0 Å². The van der Waals surface area contributed by atoms with Gasteiger partial charge in [-0.15, -0.1) is 0 Å². The van der Waals surface area contributed by atoms with E-state index in [4.69, 9.17) is 9.47 Å². The first-order valence-electron chi connectivity index (χ1n) is 4.81. The first-order chi connectivity index (χ1) is 7.13. The largest absolute Gasteiger partial charge is 0.464 e. The molecule has 1 N–H and O–H groups in total. The summed E-state index contributed by atoms with van der Waals surface area (Å²) in [4.78, 5) is 0. The third-order valence-corrected chi connectivity index (χ3v) is 1.72. The van der Waals surface area contributed by atoms with E-state index >= 15 is 0 Å². The van der Waals surface area contributed by atoms with Crippen LogP contribution in [0.2, 0.25) is 0 Å². The molecule has 0 spiro atoms. The van der Waals surface area contributed by atoms with Crippen molar-refractivity contribution < 1.29 is 13.9 Å². The van der Waals surface area contributed by atoms with Crippen molar-refractivity contribution in [3.8, 4) is 5.75 Å². The summed E-state index contributed by atoms with van der Waals surface area (Å²) in [7, 11) is 1.49. The van der Waals surface area contributed by atoms with Crippen LogP contribution in [0.1, 0.15) is 13.8 Å². The standard InChI is InChI=1S/C11H16FNO2/c1-8(2)13-9-4-5-11(10(12)6-9)15-7-14-3/h4-6,8,13H,7H2,1-3H3. The van der Waals surface area contributed by atoms with Gasteiger partial charge in [0, 0.05) is 24.9 Å². The van der Waals surface area contributed by atoms with Crippen LogP contribution in [0.5, 0.6) is 5.75 Å². The molecule has 0 radical (unpaired) electrons. The monoisotopic (exact) mass is 213 g/mol. The van der Waals surface area contributed by atoms with Crippen molar-refractivity contribution in [1.29, 1.82) is 0 Å². The van der Waals surface area contributed by atoms with Gasteiger partial charge in [-0.3, -0.25) is 0 Å². The fraction of sp³-hybridized carbons (Fsp3) is 0.455. The number of halogens is 1. The molecule has 0 fully saturated rings. The normalized spacial score (nSPS) is 10.5. The zero-order valence-electron chi connectivity index (χ0n) is 9.21. The van der Waals surface area contributed by atoms with Gasteiger partial charge in [-0.25, -0.2) is 4.39 Å². The average Bonchev–Trinajstić information content (AvgIpc) is 2.15. The van der Waals surface area contributed by atoms with Gasteiger partial charge in [0.25, 0.3) is 0 Å². The molecule has 1 rings (SSSR count). The minimum Gasteiger partial charge on any atom is -0.464 e. The van der Waals surface area contributed by atoms with Gasteiger partial charge in [0.2, 0.25) is 0 Å². The fourth-order valence-electron chi connectivity index (χ4n) is 1.16. The molecule has 4 heteroatoms. The SMILES string of the molecule is COCOc1ccc(NC(C)C)cc1F. The molecule has 0 aliphatic rings. The Morgan fingerprint density at radius 3 is 2.67 bits per heavy atom.